The van der Waals surface area contributed by atoms with Crippen LogP contribution in [0.15, 0.2) is 0 Å². The summed E-state index contributed by atoms with van der Waals surface area (Å²) >= 11 is 0. The number of amides is 2. The van der Waals surface area contributed by atoms with Crippen LogP contribution in [0.25, 0.3) is 0 Å². The quantitative estimate of drug-likeness (QED) is 0.772. The van der Waals surface area contributed by atoms with Crippen molar-refractivity contribution in [3.05, 3.63) is 0 Å². The van der Waals surface area contributed by atoms with Crippen LogP contribution in [0.2, 0.25) is 0 Å². The number of carbonyl (C=O) groups is 2. The lowest BCUT2D eigenvalue weighted by molar-refractivity contribution is -0.134. The first-order valence-electron chi connectivity index (χ1n) is 6.86. The molecule has 0 spiro atoms. The molecular formula is C14H26N2O3. The van der Waals surface area contributed by atoms with Gasteiger partial charge in [0.1, 0.15) is 11.6 Å². The molecule has 5 nitrogen and oxygen atoms in total. The second kappa shape index (κ2) is 5.80. The number of hydrogen-bond acceptors (Lipinski definition) is 3. The minimum absolute atomic E-state index is 0.00212. The Morgan fingerprint density at radius 2 is 1.95 bits per heavy atom. The highest BCUT2D eigenvalue weighted by atomic mass is 16.6. The number of likely N-dealkylation sites (tertiary alicyclic amines) is 1. The predicted octanol–water partition coefficient (Wildman–Crippen LogP) is 2.11. The molecule has 0 radical (unpaired) electrons. The van der Waals surface area contributed by atoms with Gasteiger partial charge >= 0.3 is 6.09 Å². The Balaban J connectivity index is 2.58. The smallest absolute Gasteiger partial charge is 0.410 e. The van der Waals surface area contributed by atoms with Crippen LogP contribution >= 0.6 is 0 Å². The van der Waals surface area contributed by atoms with Crippen LogP contribution in [0.1, 0.15) is 41.0 Å². The van der Waals surface area contributed by atoms with Crippen molar-refractivity contribution < 1.29 is 14.3 Å². The summed E-state index contributed by atoms with van der Waals surface area (Å²) in [7, 11) is 1.61. The van der Waals surface area contributed by atoms with E-state index in [0.29, 0.717) is 5.92 Å². The molecule has 0 aromatic carbocycles. The third-order valence-corrected chi connectivity index (χ3v) is 3.36. The molecule has 5 heteroatoms. The van der Waals surface area contributed by atoms with Crippen LogP contribution in [0.5, 0.6) is 0 Å². The largest absolute Gasteiger partial charge is 0.444 e. The Hall–Kier alpha value is -1.26. The fourth-order valence-electron chi connectivity index (χ4n) is 2.06. The van der Waals surface area contributed by atoms with E-state index >= 15 is 0 Å². The average Bonchev–Trinajstić information content (AvgIpc) is 2.70. The zero-order valence-corrected chi connectivity index (χ0v) is 12.9. The highest BCUT2D eigenvalue weighted by molar-refractivity contribution is 5.85. The van der Waals surface area contributed by atoms with E-state index in [1.54, 1.807) is 14.0 Å². The molecule has 0 aromatic rings. The zero-order valence-electron chi connectivity index (χ0n) is 12.9. The summed E-state index contributed by atoms with van der Waals surface area (Å²) in [6, 6.07) is -0.486. The van der Waals surface area contributed by atoms with E-state index in [4.69, 9.17) is 4.74 Å². The summed E-state index contributed by atoms with van der Waals surface area (Å²) in [6.45, 7) is 10.9. The summed E-state index contributed by atoms with van der Waals surface area (Å²) in [4.78, 5) is 27.4. The molecule has 0 saturated carbocycles. The molecule has 1 heterocycles. The topological polar surface area (TPSA) is 49.9 Å². The number of rotatable bonds is 2. The molecule has 110 valence electrons. The third-order valence-electron chi connectivity index (χ3n) is 3.36. The Labute approximate surface area is 115 Å². The number of hydrogen-bond donors (Lipinski definition) is 0. The summed E-state index contributed by atoms with van der Waals surface area (Å²) in [5, 5.41) is 0. The monoisotopic (exact) mass is 270 g/mol. The molecule has 0 bridgehead atoms. The molecule has 0 aliphatic carbocycles. The van der Waals surface area contributed by atoms with Crippen LogP contribution in [-0.4, -0.2) is 53.6 Å². The highest BCUT2D eigenvalue weighted by Gasteiger charge is 2.32. The van der Waals surface area contributed by atoms with Crippen molar-refractivity contribution in [2.45, 2.75) is 52.7 Å². The van der Waals surface area contributed by atoms with Crippen molar-refractivity contribution in [3.63, 3.8) is 0 Å². The Bertz CT molecular complexity index is 349. The summed E-state index contributed by atoms with van der Waals surface area (Å²) < 4.78 is 5.27. The lowest BCUT2D eigenvalue weighted by Crippen LogP contribution is -2.48. The maximum absolute atomic E-state index is 12.3. The molecule has 1 rings (SSSR count). The van der Waals surface area contributed by atoms with E-state index in [1.807, 2.05) is 25.7 Å². The molecule has 1 saturated heterocycles. The summed E-state index contributed by atoms with van der Waals surface area (Å²) in [5.41, 5.74) is -0.545. The molecule has 19 heavy (non-hydrogen) atoms. The summed E-state index contributed by atoms with van der Waals surface area (Å²) in [5.74, 6) is 0.542. The molecule has 1 aliphatic heterocycles. The first-order valence-corrected chi connectivity index (χ1v) is 6.86. The van der Waals surface area contributed by atoms with E-state index in [1.165, 1.54) is 4.90 Å². The molecule has 0 aromatic heterocycles. The fourth-order valence-corrected chi connectivity index (χ4v) is 2.06. The van der Waals surface area contributed by atoms with E-state index in [9.17, 15) is 9.59 Å². The second-order valence-corrected chi connectivity index (χ2v) is 6.45. The van der Waals surface area contributed by atoms with E-state index in [0.717, 1.165) is 19.5 Å². The van der Waals surface area contributed by atoms with Crippen LogP contribution in [0, 0.1) is 5.92 Å². The normalized spacial score (nSPS) is 21.2. The maximum atomic E-state index is 12.3. The van der Waals surface area contributed by atoms with Gasteiger partial charge in [0.2, 0.25) is 5.91 Å². The van der Waals surface area contributed by atoms with E-state index < -0.39 is 17.7 Å². The van der Waals surface area contributed by atoms with Crippen LogP contribution in [-0.2, 0) is 9.53 Å². The molecule has 2 amide bonds. The van der Waals surface area contributed by atoms with Gasteiger partial charge in [-0.05, 0) is 40.0 Å². The maximum Gasteiger partial charge on any atom is 0.410 e. The standard InChI is InChI=1S/C14H26N2O3/c1-10-7-8-16(9-10)12(17)11(2)15(6)13(18)19-14(3,4)5/h10-11H,7-9H2,1-6H3. The summed E-state index contributed by atoms with van der Waals surface area (Å²) in [6.07, 6.45) is 0.579. The Morgan fingerprint density at radius 3 is 2.37 bits per heavy atom. The first kappa shape index (κ1) is 15.8. The SMILES string of the molecule is CC1CCN(C(=O)C(C)N(C)C(=O)OC(C)(C)C)C1. The lowest BCUT2D eigenvalue weighted by atomic mass is 10.2. The number of nitrogens with zero attached hydrogens (tertiary/aromatic N) is 2. The van der Waals surface area contributed by atoms with Crippen molar-refractivity contribution in [1.82, 2.24) is 9.80 Å². The van der Waals surface area contributed by atoms with Gasteiger partial charge < -0.3 is 9.64 Å². The van der Waals surface area contributed by atoms with Gasteiger partial charge in [-0.3, -0.25) is 9.69 Å². The zero-order chi connectivity index (χ0) is 14.8. The minimum Gasteiger partial charge on any atom is -0.444 e. The number of ether oxygens (including phenoxy) is 1. The highest BCUT2D eigenvalue weighted by Crippen LogP contribution is 2.18. The van der Waals surface area contributed by atoms with Crippen molar-refractivity contribution in [2.24, 2.45) is 5.92 Å². The van der Waals surface area contributed by atoms with Gasteiger partial charge in [0.05, 0.1) is 0 Å². The predicted molar refractivity (Wildman–Crippen MR) is 73.8 cm³/mol. The molecular weight excluding hydrogens is 244 g/mol. The van der Waals surface area contributed by atoms with Gasteiger partial charge in [0, 0.05) is 20.1 Å². The molecule has 0 N–H and O–H groups in total. The van der Waals surface area contributed by atoms with Crippen molar-refractivity contribution >= 4 is 12.0 Å². The third kappa shape index (κ3) is 4.40. The second-order valence-electron chi connectivity index (χ2n) is 6.45. The Morgan fingerprint density at radius 1 is 1.37 bits per heavy atom. The molecule has 1 fully saturated rings. The number of likely N-dealkylation sites (N-methyl/N-ethyl adjacent to an activating group) is 1. The van der Waals surface area contributed by atoms with Crippen molar-refractivity contribution in [3.8, 4) is 0 Å². The van der Waals surface area contributed by atoms with Gasteiger partial charge in [-0.2, -0.15) is 0 Å². The van der Waals surface area contributed by atoms with Crippen LogP contribution in [0.3, 0.4) is 0 Å². The average molecular weight is 270 g/mol. The van der Waals surface area contributed by atoms with E-state index in [-0.39, 0.29) is 5.91 Å². The molecule has 1 aliphatic rings. The van der Waals surface area contributed by atoms with Gasteiger partial charge in [-0.1, -0.05) is 6.92 Å². The lowest BCUT2D eigenvalue weighted by Gasteiger charge is -2.30. The minimum atomic E-state index is -0.545. The van der Waals surface area contributed by atoms with Gasteiger partial charge in [-0.15, -0.1) is 0 Å². The fraction of sp³-hybridized carbons (Fsp3) is 0.857. The van der Waals surface area contributed by atoms with Gasteiger partial charge in [0.15, 0.2) is 0 Å². The van der Waals surface area contributed by atoms with Crippen LogP contribution < -0.4 is 0 Å². The van der Waals surface area contributed by atoms with Crippen molar-refractivity contribution in [2.75, 3.05) is 20.1 Å². The Kier molecular flexibility index (Phi) is 4.82. The first-order chi connectivity index (χ1) is 8.61. The van der Waals surface area contributed by atoms with Crippen LogP contribution in [0.4, 0.5) is 4.79 Å². The van der Waals surface area contributed by atoms with Crippen molar-refractivity contribution in [1.29, 1.82) is 0 Å². The number of carbonyl (C=O) groups excluding carboxylic acids is 2. The molecule has 2 unspecified atom stereocenters. The van der Waals surface area contributed by atoms with E-state index in [2.05, 4.69) is 6.92 Å². The van der Waals surface area contributed by atoms with Gasteiger partial charge in [0.25, 0.3) is 0 Å². The molecule has 2 atom stereocenters. The van der Waals surface area contributed by atoms with Gasteiger partial charge in [-0.25, -0.2) is 4.79 Å².